The molecular weight excluding hydrogens is 218 g/mol. The third kappa shape index (κ3) is 1.93. The van der Waals surface area contributed by atoms with Gasteiger partial charge in [-0.2, -0.15) is 0 Å². The summed E-state index contributed by atoms with van der Waals surface area (Å²) in [6.07, 6.45) is 0.566. The lowest BCUT2D eigenvalue weighted by Crippen LogP contribution is -2.37. The van der Waals surface area contributed by atoms with E-state index in [1.807, 2.05) is 25.1 Å². The summed E-state index contributed by atoms with van der Waals surface area (Å²) in [5.74, 6) is 0.701. The minimum absolute atomic E-state index is 0.377. The Balaban J connectivity index is 2.29. The minimum atomic E-state index is -0.440. The molecule has 4 heteroatoms. The molecule has 0 heterocycles. The molecule has 2 aromatic carbocycles. The summed E-state index contributed by atoms with van der Waals surface area (Å²) in [7, 11) is 1.58. The predicted molar refractivity (Wildman–Crippen MR) is 67.0 cm³/mol. The molecule has 1 N–H and O–H groups in total. The molecule has 4 nitrogen and oxygen atoms in total. The van der Waals surface area contributed by atoms with Crippen molar-refractivity contribution in [3.05, 3.63) is 50.3 Å². The van der Waals surface area contributed by atoms with Crippen molar-refractivity contribution in [3.63, 3.8) is 0 Å². The van der Waals surface area contributed by atoms with E-state index in [1.165, 1.54) is 0 Å². The van der Waals surface area contributed by atoms with Gasteiger partial charge in [0.25, 0.3) is 0 Å². The summed E-state index contributed by atoms with van der Waals surface area (Å²) < 4.78 is 5.08. The van der Waals surface area contributed by atoms with E-state index >= 15 is 0 Å². The Morgan fingerprint density at radius 2 is 2.00 bits per heavy atom. The van der Waals surface area contributed by atoms with Crippen LogP contribution in [-0.4, -0.2) is 7.11 Å². The fraction of sp³-hybridized carbons (Fsp3) is 0.231. The van der Waals surface area contributed by atoms with Crippen molar-refractivity contribution < 1.29 is 4.74 Å². The highest BCUT2D eigenvalue weighted by Gasteiger charge is 2.18. The van der Waals surface area contributed by atoms with Gasteiger partial charge in [-0.15, -0.1) is 0 Å². The fourth-order valence-corrected chi connectivity index (χ4v) is 1.75. The number of benzene rings is 1. The van der Waals surface area contributed by atoms with Crippen LogP contribution >= 0.6 is 0 Å². The van der Waals surface area contributed by atoms with Crippen LogP contribution in [0.15, 0.2) is 33.9 Å². The first-order valence-corrected chi connectivity index (χ1v) is 5.40. The third-order valence-corrected chi connectivity index (χ3v) is 2.70. The number of nitrogens with one attached hydrogen (secondary N) is 1. The number of hydrogen-bond donors (Lipinski definition) is 1. The molecule has 0 saturated carbocycles. The van der Waals surface area contributed by atoms with Gasteiger partial charge in [-0.3, -0.25) is 9.59 Å². The van der Waals surface area contributed by atoms with Crippen molar-refractivity contribution in [2.75, 3.05) is 12.4 Å². The molecule has 0 amide bonds. The quantitative estimate of drug-likeness (QED) is 0.812. The maximum Gasteiger partial charge on any atom is 0.249 e. The smallest absolute Gasteiger partial charge is 0.249 e. The van der Waals surface area contributed by atoms with Crippen molar-refractivity contribution >= 4 is 11.4 Å². The maximum atomic E-state index is 11.4. The Morgan fingerprint density at radius 3 is 2.65 bits per heavy atom. The SMILES string of the molecule is CCc1c(Nc2cccc(OC)c2)c(=O)c1=O. The fourth-order valence-electron chi connectivity index (χ4n) is 1.75. The molecule has 2 aromatic rings. The van der Waals surface area contributed by atoms with Crippen LogP contribution in [0.25, 0.3) is 0 Å². The number of ether oxygens (including phenoxy) is 1. The van der Waals surface area contributed by atoms with Crippen LogP contribution in [-0.2, 0) is 6.42 Å². The number of anilines is 2. The van der Waals surface area contributed by atoms with Crippen molar-refractivity contribution in [2.24, 2.45) is 0 Å². The summed E-state index contributed by atoms with van der Waals surface area (Å²) in [5.41, 5.74) is 0.900. The lowest BCUT2D eigenvalue weighted by Gasteiger charge is -2.12. The Bertz CT molecular complexity index is 609. The summed E-state index contributed by atoms with van der Waals surface area (Å²) in [5, 5.41) is 2.96. The van der Waals surface area contributed by atoms with Crippen molar-refractivity contribution in [3.8, 4) is 5.75 Å². The van der Waals surface area contributed by atoms with Crippen molar-refractivity contribution in [1.82, 2.24) is 0 Å². The molecule has 17 heavy (non-hydrogen) atoms. The third-order valence-electron chi connectivity index (χ3n) is 2.70. The van der Waals surface area contributed by atoms with Gasteiger partial charge in [0.1, 0.15) is 5.75 Å². The minimum Gasteiger partial charge on any atom is -0.497 e. The van der Waals surface area contributed by atoms with Gasteiger partial charge >= 0.3 is 0 Å². The lowest BCUT2D eigenvalue weighted by atomic mass is 10.0. The van der Waals surface area contributed by atoms with E-state index in [0.29, 0.717) is 23.4 Å². The second kappa shape index (κ2) is 4.41. The van der Waals surface area contributed by atoms with Gasteiger partial charge in [-0.1, -0.05) is 13.0 Å². The van der Waals surface area contributed by atoms with Gasteiger partial charge in [-0.25, -0.2) is 0 Å². The van der Waals surface area contributed by atoms with Gasteiger partial charge in [0.2, 0.25) is 10.9 Å². The summed E-state index contributed by atoms with van der Waals surface area (Å²) in [4.78, 5) is 22.6. The maximum absolute atomic E-state index is 11.4. The summed E-state index contributed by atoms with van der Waals surface area (Å²) in [6.45, 7) is 1.85. The Kier molecular flexibility index (Phi) is 2.95. The van der Waals surface area contributed by atoms with Crippen molar-refractivity contribution in [2.45, 2.75) is 13.3 Å². The molecule has 2 rings (SSSR count). The van der Waals surface area contributed by atoms with Crippen LogP contribution in [0, 0.1) is 0 Å². The standard InChI is InChI=1S/C13H13NO3/c1-3-10-11(13(16)12(10)15)14-8-5-4-6-9(7-8)17-2/h4-7,14H,3H2,1-2H3. The number of hydrogen-bond acceptors (Lipinski definition) is 4. The lowest BCUT2D eigenvalue weighted by molar-refractivity contribution is 0.415. The number of rotatable bonds is 4. The first-order valence-electron chi connectivity index (χ1n) is 5.40. The van der Waals surface area contributed by atoms with Crippen LogP contribution in [0.3, 0.4) is 0 Å². The first-order chi connectivity index (χ1) is 8.17. The average Bonchev–Trinajstić information content (AvgIpc) is 2.38. The molecule has 0 atom stereocenters. The van der Waals surface area contributed by atoms with Gasteiger partial charge in [0, 0.05) is 17.3 Å². The molecule has 0 aromatic heterocycles. The molecule has 0 radical (unpaired) electrons. The highest BCUT2D eigenvalue weighted by Crippen LogP contribution is 2.21. The summed E-state index contributed by atoms with van der Waals surface area (Å²) >= 11 is 0. The molecule has 0 saturated heterocycles. The molecule has 88 valence electrons. The molecule has 0 spiro atoms. The zero-order chi connectivity index (χ0) is 12.4. The largest absolute Gasteiger partial charge is 0.497 e. The second-order valence-electron chi connectivity index (χ2n) is 3.72. The monoisotopic (exact) mass is 231 g/mol. The van der Waals surface area contributed by atoms with E-state index in [0.717, 1.165) is 5.69 Å². The van der Waals surface area contributed by atoms with E-state index in [2.05, 4.69) is 5.32 Å². The molecule has 0 bridgehead atoms. The van der Waals surface area contributed by atoms with Gasteiger partial charge < -0.3 is 10.1 Å². The van der Waals surface area contributed by atoms with Crippen LogP contribution in [0.2, 0.25) is 0 Å². The van der Waals surface area contributed by atoms with Gasteiger partial charge in [0.15, 0.2) is 0 Å². The molecule has 0 fully saturated rings. The van der Waals surface area contributed by atoms with Crippen LogP contribution in [0.4, 0.5) is 11.4 Å². The number of methoxy groups -OCH3 is 1. The first kappa shape index (κ1) is 11.4. The molecule has 0 aliphatic heterocycles. The molecule has 0 aliphatic rings. The second-order valence-corrected chi connectivity index (χ2v) is 3.72. The average molecular weight is 231 g/mol. The topological polar surface area (TPSA) is 55.4 Å². The molecule has 0 aliphatic carbocycles. The van der Waals surface area contributed by atoms with Gasteiger partial charge in [-0.05, 0) is 18.6 Å². The highest BCUT2D eigenvalue weighted by atomic mass is 16.5. The predicted octanol–water partition coefficient (Wildman–Crippen LogP) is 1.60. The van der Waals surface area contributed by atoms with E-state index in [9.17, 15) is 9.59 Å². The van der Waals surface area contributed by atoms with Gasteiger partial charge in [0.05, 0.1) is 12.8 Å². The normalized spacial score (nSPS) is 10.5. The van der Waals surface area contributed by atoms with Crippen molar-refractivity contribution in [1.29, 1.82) is 0 Å². The highest BCUT2D eigenvalue weighted by molar-refractivity contribution is 5.67. The molecule has 0 unspecified atom stereocenters. The zero-order valence-corrected chi connectivity index (χ0v) is 9.74. The Hall–Kier alpha value is -2.10. The van der Waals surface area contributed by atoms with E-state index < -0.39 is 5.43 Å². The van der Waals surface area contributed by atoms with E-state index in [1.54, 1.807) is 13.2 Å². The molecular formula is C13H13NO3. The Morgan fingerprint density at radius 1 is 1.24 bits per heavy atom. The Labute approximate surface area is 98.5 Å². The van der Waals surface area contributed by atoms with E-state index in [4.69, 9.17) is 4.74 Å². The van der Waals surface area contributed by atoms with E-state index in [-0.39, 0.29) is 5.43 Å². The van der Waals surface area contributed by atoms with Crippen LogP contribution < -0.4 is 20.9 Å². The van der Waals surface area contributed by atoms with Crippen LogP contribution in [0.5, 0.6) is 5.75 Å². The zero-order valence-electron chi connectivity index (χ0n) is 9.74. The summed E-state index contributed by atoms with van der Waals surface area (Å²) in [6, 6.07) is 7.22. The van der Waals surface area contributed by atoms with Crippen LogP contribution in [0.1, 0.15) is 12.5 Å².